The first-order chi connectivity index (χ1) is 10.1. The highest BCUT2D eigenvalue weighted by Crippen LogP contribution is 2.39. The molecule has 0 aliphatic carbocycles. The highest BCUT2D eigenvalue weighted by molar-refractivity contribution is 5.41. The van der Waals surface area contributed by atoms with Crippen molar-refractivity contribution < 1.29 is 20.1 Å². The minimum Gasteiger partial charge on any atom is -0.508 e. The van der Waals surface area contributed by atoms with Crippen LogP contribution in [0.2, 0.25) is 0 Å². The van der Waals surface area contributed by atoms with E-state index >= 15 is 0 Å². The summed E-state index contributed by atoms with van der Waals surface area (Å²) >= 11 is 0. The molecule has 2 atom stereocenters. The fourth-order valence-electron chi connectivity index (χ4n) is 2.75. The van der Waals surface area contributed by atoms with Gasteiger partial charge in [0.15, 0.2) is 0 Å². The number of hydrogen-bond acceptors (Lipinski definition) is 4. The first kappa shape index (κ1) is 13.5. The van der Waals surface area contributed by atoms with E-state index in [0.717, 1.165) is 11.1 Å². The smallest absolute Gasteiger partial charge is 0.203 e. The van der Waals surface area contributed by atoms with Gasteiger partial charge in [0.25, 0.3) is 0 Å². The van der Waals surface area contributed by atoms with E-state index in [1.807, 2.05) is 12.1 Å². The molecule has 108 valence electrons. The van der Waals surface area contributed by atoms with Crippen molar-refractivity contribution in [2.24, 2.45) is 5.92 Å². The summed E-state index contributed by atoms with van der Waals surface area (Å²) in [6.45, 7) is 0. The van der Waals surface area contributed by atoms with Crippen LogP contribution < -0.4 is 0 Å². The van der Waals surface area contributed by atoms with Crippen LogP contribution in [0.25, 0.3) is 0 Å². The third-order valence-electron chi connectivity index (χ3n) is 3.69. The molecular weight excluding hydrogens is 268 g/mol. The van der Waals surface area contributed by atoms with Crippen LogP contribution in [-0.4, -0.2) is 21.6 Å². The van der Waals surface area contributed by atoms with Crippen LogP contribution >= 0.6 is 0 Å². The molecule has 0 aromatic heterocycles. The zero-order valence-corrected chi connectivity index (χ0v) is 11.3. The Bertz CT molecular complexity index is 620. The molecule has 0 bridgehead atoms. The van der Waals surface area contributed by atoms with E-state index < -0.39 is 6.29 Å². The van der Waals surface area contributed by atoms with Crippen LogP contribution in [0.1, 0.15) is 17.0 Å². The highest BCUT2D eigenvalue weighted by atomic mass is 16.6. The summed E-state index contributed by atoms with van der Waals surface area (Å²) in [6, 6.07) is 13.8. The van der Waals surface area contributed by atoms with Gasteiger partial charge in [-0.25, -0.2) is 0 Å². The van der Waals surface area contributed by atoms with Crippen molar-refractivity contribution in [2.75, 3.05) is 0 Å². The highest BCUT2D eigenvalue weighted by Gasteiger charge is 2.33. The number of aliphatic hydroxyl groups excluding tert-OH is 1. The summed E-state index contributed by atoms with van der Waals surface area (Å²) in [7, 11) is 0. The van der Waals surface area contributed by atoms with Crippen molar-refractivity contribution in [3.05, 3.63) is 72.0 Å². The van der Waals surface area contributed by atoms with Gasteiger partial charge < -0.3 is 20.1 Å². The van der Waals surface area contributed by atoms with Crippen molar-refractivity contribution in [1.29, 1.82) is 0 Å². The van der Waals surface area contributed by atoms with Gasteiger partial charge in [0.2, 0.25) is 6.29 Å². The first-order valence-electron chi connectivity index (χ1n) is 6.73. The van der Waals surface area contributed by atoms with Gasteiger partial charge in [0.1, 0.15) is 11.5 Å². The zero-order valence-electron chi connectivity index (χ0n) is 11.3. The van der Waals surface area contributed by atoms with Crippen LogP contribution in [0, 0.1) is 5.92 Å². The van der Waals surface area contributed by atoms with E-state index in [2.05, 4.69) is 0 Å². The van der Waals surface area contributed by atoms with E-state index in [0.29, 0.717) is 0 Å². The van der Waals surface area contributed by atoms with Crippen molar-refractivity contribution in [2.45, 2.75) is 12.2 Å². The van der Waals surface area contributed by atoms with Gasteiger partial charge in [-0.2, -0.15) is 0 Å². The van der Waals surface area contributed by atoms with Crippen LogP contribution in [0.4, 0.5) is 0 Å². The van der Waals surface area contributed by atoms with E-state index in [4.69, 9.17) is 4.74 Å². The first-order valence-corrected chi connectivity index (χ1v) is 6.73. The number of hydrogen-bond donors (Lipinski definition) is 3. The lowest BCUT2D eigenvalue weighted by Gasteiger charge is -2.25. The van der Waals surface area contributed by atoms with Crippen molar-refractivity contribution in [1.82, 2.24) is 0 Å². The van der Waals surface area contributed by atoms with E-state index in [1.54, 1.807) is 42.5 Å². The lowest BCUT2D eigenvalue weighted by Crippen LogP contribution is -2.23. The third-order valence-corrected chi connectivity index (χ3v) is 3.69. The molecule has 0 fully saturated rings. The molecular formula is C17H16O4. The van der Waals surface area contributed by atoms with Crippen LogP contribution in [-0.2, 0) is 4.74 Å². The van der Waals surface area contributed by atoms with Crippen LogP contribution in [0.15, 0.2) is 60.9 Å². The molecule has 0 spiro atoms. The minimum atomic E-state index is -0.945. The van der Waals surface area contributed by atoms with Gasteiger partial charge in [-0.05, 0) is 41.5 Å². The lowest BCUT2D eigenvalue weighted by atomic mass is 9.80. The Morgan fingerprint density at radius 2 is 1.48 bits per heavy atom. The Morgan fingerprint density at radius 3 is 1.90 bits per heavy atom. The predicted octanol–water partition coefficient (Wildman–Crippen LogP) is 2.71. The molecule has 1 aliphatic heterocycles. The second kappa shape index (κ2) is 5.50. The molecule has 0 amide bonds. The number of benzene rings is 2. The number of phenols is 2. The topological polar surface area (TPSA) is 69.9 Å². The van der Waals surface area contributed by atoms with Gasteiger partial charge in [-0.1, -0.05) is 24.3 Å². The minimum absolute atomic E-state index is 0.162. The summed E-state index contributed by atoms with van der Waals surface area (Å²) in [6.07, 6.45) is 2.33. The van der Waals surface area contributed by atoms with Gasteiger partial charge in [-0.3, -0.25) is 0 Å². The Kier molecular flexibility index (Phi) is 3.54. The summed E-state index contributed by atoms with van der Waals surface area (Å²) in [5.74, 6) is -0.184. The quantitative estimate of drug-likeness (QED) is 0.810. The van der Waals surface area contributed by atoms with Crippen LogP contribution in [0.3, 0.4) is 0 Å². The predicted molar refractivity (Wildman–Crippen MR) is 77.8 cm³/mol. The fraction of sp³-hybridized carbons (Fsp3) is 0.176. The standard InChI is InChI=1S/C17H16O4/c18-13-5-1-3-11(9-13)16(15-7-8-21-17(15)20)12-4-2-6-14(19)10-12/h1-10,15-20H. The SMILES string of the molecule is Oc1cccc(C(c2cccc(O)c2)C2C=COC2O)c1. The van der Waals surface area contributed by atoms with Gasteiger partial charge in [-0.15, -0.1) is 0 Å². The Labute approximate surface area is 122 Å². The summed E-state index contributed by atoms with van der Waals surface area (Å²) in [4.78, 5) is 0. The van der Waals surface area contributed by atoms with Crippen molar-refractivity contribution in [3.63, 3.8) is 0 Å². The Balaban J connectivity index is 2.08. The summed E-state index contributed by atoms with van der Waals surface area (Å²) in [5.41, 5.74) is 1.69. The summed E-state index contributed by atoms with van der Waals surface area (Å²) < 4.78 is 5.10. The van der Waals surface area contributed by atoms with Gasteiger partial charge >= 0.3 is 0 Å². The molecule has 2 unspecified atom stereocenters. The largest absolute Gasteiger partial charge is 0.508 e. The Hall–Kier alpha value is -2.46. The van der Waals surface area contributed by atoms with Gasteiger partial charge in [0, 0.05) is 5.92 Å². The van der Waals surface area contributed by atoms with E-state index in [-0.39, 0.29) is 23.3 Å². The maximum Gasteiger partial charge on any atom is 0.203 e. The molecule has 0 saturated carbocycles. The fourth-order valence-corrected chi connectivity index (χ4v) is 2.75. The molecule has 21 heavy (non-hydrogen) atoms. The maximum atomic E-state index is 10.0. The molecule has 4 nitrogen and oxygen atoms in total. The second-order valence-electron chi connectivity index (χ2n) is 5.10. The Morgan fingerprint density at radius 1 is 0.905 bits per heavy atom. The number of rotatable bonds is 3. The average molecular weight is 284 g/mol. The third kappa shape index (κ3) is 2.71. The molecule has 1 aliphatic rings. The molecule has 4 heteroatoms. The molecule has 2 aromatic rings. The van der Waals surface area contributed by atoms with Crippen LogP contribution in [0.5, 0.6) is 11.5 Å². The number of aliphatic hydroxyl groups is 1. The average Bonchev–Trinajstić information content (AvgIpc) is 2.86. The lowest BCUT2D eigenvalue weighted by molar-refractivity contribution is -0.0648. The van der Waals surface area contributed by atoms with E-state index in [1.165, 1.54) is 6.26 Å². The molecule has 1 heterocycles. The molecule has 3 N–H and O–H groups in total. The van der Waals surface area contributed by atoms with E-state index in [9.17, 15) is 15.3 Å². The molecule has 0 saturated heterocycles. The summed E-state index contributed by atoms with van der Waals surface area (Å²) in [5, 5.41) is 29.4. The molecule has 3 rings (SSSR count). The van der Waals surface area contributed by atoms with Crippen molar-refractivity contribution >= 4 is 0 Å². The number of ether oxygens (including phenoxy) is 1. The zero-order chi connectivity index (χ0) is 14.8. The number of phenolic OH excluding ortho intramolecular Hbond substituents is 2. The number of aromatic hydroxyl groups is 2. The van der Waals surface area contributed by atoms with Gasteiger partial charge in [0.05, 0.1) is 12.2 Å². The second-order valence-corrected chi connectivity index (χ2v) is 5.10. The normalized spacial score (nSPS) is 20.7. The van der Waals surface area contributed by atoms with Crippen molar-refractivity contribution in [3.8, 4) is 11.5 Å². The molecule has 0 radical (unpaired) electrons. The monoisotopic (exact) mass is 284 g/mol. The maximum absolute atomic E-state index is 10.0. The molecule has 2 aromatic carbocycles.